The van der Waals surface area contributed by atoms with Crippen LogP contribution in [-0.4, -0.2) is 37.1 Å². The summed E-state index contributed by atoms with van der Waals surface area (Å²) >= 11 is 0. The van der Waals surface area contributed by atoms with E-state index in [1.807, 2.05) is 64.1 Å². The van der Waals surface area contributed by atoms with Crippen LogP contribution in [0.3, 0.4) is 0 Å². The van der Waals surface area contributed by atoms with Gasteiger partial charge in [0.2, 0.25) is 6.08 Å². The molecule has 1 fully saturated rings. The van der Waals surface area contributed by atoms with E-state index in [2.05, 4.69) is 20.9 Å². The second-order valence-corrected chi connectivity index (χ2v) is 10.9. The second-order valence-electron chi connectivity index (χ2n) is 10.9. The fraction of sp³-hybridized carbons (Fsp3) is 0.353. The molecule has 3 aromatic rings. The van der Waals surface area contributed by atoms with Crippen LogP contribution in [0, 0.1) is 39.4 Å². The molecule has 0 aliphatic heterocycles. The van der Waals surface area contributed by atoms with Gasteiger partial charge in [0, 0.05) is 5.69 Å². The van der Waals surface area contributed by atoms with Gasteiger partial charge in [0.15, 0.2) is 0 Å². The maximum atomic E-state index is 14.0. The van der Waals surface area contributed by atoms with Crippen LogP contribution in [0.5, 0.6) is 0 Å². The molecule has 3 N–H and O–H groups in total. The molecule has 0 bridgehead atoms. The Morgan fingerprint density at radius 3 is 2.05 bits per heavy atom. The zero-order chi connectivity index (χ0) is 32.2. The molecule has 0 heterocycles. The van der Waals surface area contributed by atoms with Crippen LogP contribution in [0.15, 0.2) is 59.6 Å². The fourth-order valence-electron chi connectivity index (χ4n) is 5.31. The van der Waals surface area contributed by atoms with Crippen molar-refractivity contribution in [3.63, 3.8) is 0 Å². The van der Waals surface area contributed by atoms with Crippen LogP contribution in [0.1, 0.15) is 64.7 Å². The maximum absolute atomic E-state index is 14.0. The van der Waals surface area contributed by atoms with Gasteiger partial charge in [-0.25, -0.2) is 18.8 Å². The van der Waals surface area contributed by atoms with Crippen molar-refractivity contribution in [3.05, 3.63) is 88.2 Å². The van der Waals surface area contributed by atoms with Crippen LogP contribution >= 0.6 is 0 Å². The van der Waals surface area contributed by atoms with Gasteiger partial charge in [-0.1, -0.05) is 55.7 Å². The van der Waals surface area contributed by atoms with Gasteiger partial charge in [-0.3, -0.25) is 4.79 Å². The summed E-state index contributed by atoms with van der Waals surface area (Å²) in [7, 11) is 1.28. The lowest BCUT2D eigenvalue weighted by molar-refractivity contribution is -0.144. The number of benzene rings is 3. The largest absolute Gasteiger partial charge is 0.467 e. The number of carbonyl (C=O) groups excluding carboxylic acids is 4. The Labute approximate surface area is 257 Å². The highest BCUT2D eigenvalue weighted by Crippen LogP contribution is 2.28. The highest BCUT2D eigenvalue weighted by atomic mass is 19.1. The van der Waals surface area contributed by atoms with Crippen LogP contribution < -0.4 is 16.0 Å². The first-order chi connectivity index (χ1) is 21.0. The zero-order valence-electron chi connectivity index (χ0n) is 25.8. The minimum Gasteiger partial charge on any atom is -0.467 e. The Morgan fingerprint density at radius 2 is 1.48 bits per heavy atom. The number of methoxy groups -OCH3 is 1. The number of anilines is 2. The number of para-hydroxylation sites is 2. The van der Waals surface area contributed by atoms with Crippen molar-refractivity contribution in [3.8, 4) is 0 Å². The first-order valence-corrected chi connectivity index (χ1v) is 14.5. The number of rotatable bonds is 7. The van der Waals surface area contributed by atoms with Crippen molar-refractivity contribution < 1.29 is 28.3 Å². The van der Waals surface area contributed by atoms with E-state index in [1.165, 1.54) is 13.2 Å². The van der Waals surface area contributed by atoms with Gasteiger partial charge in [0.05, 0.1) is 24.0 Å². The Kier molecular flexibility index (Phi) is 12.4. The predicted molar refractivity (Wildman–Crippen MR) is 169 cm³/mol. The Balaban J connectivity index is 0.000000404. The summed E-state index contributed by atoms with van der Waals surface area (Å²) in [6.07, 6.45) is 6.23. The Bertz CT molecular complexity index is 1500. The third-order valence-corrected chi connectivity index (χ3v) is 7.65. The Hall–Kier alpha value is -4.82. The van der Waals surface area contributed by atoms with E-state index in [0.717, 1.165) is 72.2 Å². The molecule has 0 spiro atoms. The van der Waals surface area contributed by atoms with Crippen molar-refractivity contribution in [2.45, 2.75) is 65.8 Å². The number of nitrogens with zero attached hydrogens (tertiary/aromatic N) is 1. The standard InChI is InChI=1S/C25H30FN3O4.C9H9NO/c1-15-8-7-9-16(2)21(15)29-25(32)27-20-14-18(26)12-13-19(20)23(30)28-22(24(31)33-3)17-10-5-4-6-11-17;1-7-4-3-5-8(2)9(7)10-6-11/h7-9,12-14,17,22H,4-6,10-11H2,1-3H3,(H,28,30)(H2,27,29,32);3-5H,1-2H3/t22-;/m0./s1. The van der Waals surface area contributed by atoms with Gasteiger partial charge in [-0.2, -0.15) is 4.99 Å². The third kappa shape index (κ3) is 9.09. The van der Waals surface area contributed by atoms with E-state index in [-0.39, 0.29) is 17.2 Å². The summed E-state index contributed by atoms with van der Waals surface area (Å²) in [6, 6.07) is 13.5. The van der Waals surface area contributed by atoms with E-state index in [4.69, 9.17) is 4.74 Å². The average molecular weight is 603 g/mol. The topological polar surface area (TPSA) is 126 Å². The summed E-state index contributed by atoms with van der Waals surface area (Å²) in [4.78, 5) is 51.7. The van der Waals surface area contributed by atoms with E-state index >= 15 is 0 Å². The molecule has 1 saturated carbocycles. The molecule has 4 rings (SSSR count). The molecule has 232 valence electrons. The van der Waals surface area contributed by atoms with Crippen molar-refractivity contribution in [1.82, 2.24) is 5.32 Å². The number of aryl methyl sites for hydroxylation is 4. The first-order valence-electron chi connectivity index (χ1n) is 14.5. The number of halogens is 1. The molecule has 0 unspecified atom stereocenters. The molecule has 1 atom stereocenters. The molecule has 9 nitrogen and oxygen atoms in total. The third-order valence-electron chi connectivity index (χ3n) is 7.65. The van der Waals surface area contributed by atoms with Gasteiger partial charge in [-0.05, 0) is 86.9 Å². The molecular weight excluding hydrogens is 563 g/mol. The predicted octanol–water partition coefficient (Wildman–Crippen LogP) is 7.21. The molecule has 1 aliphatic carbocycles. The molecule has 10 heteroatoms. The minimum atomic E-state index is -0.802. The number of amides is 3. The van der Waals surface area contributed by atoms with Gasteiger partial charge >= 0.3 is 12.0 Å². The van der Waals surface area contributed by atoms with Crippen LogP contribution in [0.2, 0.25) is 0 Å². The molecule has 3 aromatic carbocycles. The number of ether oxygens (including phenoxy) is 1. The Morgan fingerprint density at radius 1 is 0.886 bits per heavy atom. The summed E-state index contributed by atoms with van der Waals surface area (Å²) in [5.41, 5.74) is 5.19. The lowest BCUT2D eigenvalue weighted by atomic mass is 9.83. The monoisotopic (exact) mass is 602 g/mol. The number of carbonyl (C=O) groups is 3. The van der Waals surface area contributed by atoms with Crippen LogP contribution in [-0.2, 0) is 14.3 Å². The second kappa shape index (κ2) is 16.1. The minimum absolute atomic E-state index is 0.00324. The van der Waals surface area contributed by atoms with Crippen molar-refractivity contribution >= 4 is 41.0 Å². The smallest absolute Gasteiger partial charge is 0.328 e. The van der Waals surface area contributed by atoms with E-state index in [9.17, 15) is 23.6 Å². The van der Waals surface area contributed by atoms with E-state index in [1.54, 1.807) is 6.08 Å². The molecule has 1 aliphatic rings. The van der Waals surface area contributed by atoms with Gasteiger partial charge < -0.3 is 20.7 Å². The lowest BCUT2D eigenvalue weighted by Gasteiger charge is -2.29. The molecular formula is C34H39FN4O5. The summed E-state index contributed by atoms with van der Waals surface area (Å²) in [5.74, 6) is -1.73. The number of hydrogen-bond acceptors (Lipinski definition) is 6. The molecule has 0 radical (unpaired) electrons. The van der Waals surface area contributed by atoms with Crippen molar-refractivity contribution in [2.75, 3.05) is 17.7 Å². The number of urea groups is 1. The number of esters is 1. The normalized spacial score (nSPS) is 13.3. The molecule has 0 aromatic heterocycles. The number of nitrogens with one attached hydrogen (secondary N) is 3. The number of aliphatic imine (C=N–C) groups is 1. The fourth-order valence-corrected chi connectivity index (χ4v) is 5.31. The van der Waals surface area contributed by atoms with Crippen molar-refractivity contribution in [1.29, 1.82) is 0 Å². The zero-order valence-corrected chi connectivity index (χ0v) is 25.8. The summed E-state index contributed by atoms with van der Waals surface area (Å²) in [6.45, 7) is 7.57. The molecule has 3 amide bonds. The molecule has 44 heavy (non-hydrogen) atoms. The quantitative estimate of drug-likeness (QED) is 0.150. The van der Waals surface area contributed by atoms with Gasteiger partial charge in [0.25, 0.3) is 5.91 Å². The lowest BCUT2D eigenvalue weighted by Crippen LogP contribution is -2.47. The van der Waals surface area contributed by atoms with Crippen LogP contribution in [0.25, 0.3) is 0 Å². The van der Waals surface area contributed by atoms with Gasteiger partial charge in [-0.15, -0.1) is 0 Å². The number of hydrogen-bond donors (Lipinski definition) is 3. The van der Waals surface area contributed by atoms with E-state index in [0.29, 0.717) is 5.69 Å². The summed E-state index contributed by atoms with van der Waals surface area (Å²) in [5, 5.41) is 8.07. The van der Waals surface area contributed by atoms with Crippen LogP contribution in [0.4, 0.5) is 26.2 Å². The summed E-state index contributed by atoms with van der Waals surface area (Å²) < 4.78 is 18.9. The highest BCUT2D eigenvalue weighted by molar-refractivity contribution is 6.07. The van der Waals surface area contributed by atoms with E-state index < -0.39 is 29.8 Å². The number of isocyanates is 1. The highest BCUT2D eigenvalue weighted by Gasteiger charge is 2.32. The van der Waals surface area contributed by atoms with Crippen molar-refractivity contribution in [2.24, 2.45) is 10.9 Å². The maximum Gasteiger partial charge on any atom is 0.328 e. The van der Waals surface area contributed by atoms with Gasteiger partial charge in [0.1, 0.15) is 11.9 Å². The SMILES string of the molecule is COC(=O)[C@@H](NC(=O)c1ccc(F)cc1NC(=O)Nc1c(C)cccc1C)C1CCCCC1.Cc1cccc(C)c1N=C=O. The first kappa shape index (κ1) is 33.7. The molecule has 0 saturated heterocycles. The average Bonchev–Trinajstić information content (AvgIpc) is 3.00.